The van der Waals surface area contributed by atoms with Crippen molar-refractivity contribution in [2.45, 2.75) is 17.7 Å². The molecule has 0 saturated heterocycles. The summed E-state index contributed by atoms with van der Waals surface area (Å²) in [4.78, 5) is 11.5. The maximum atomic E-state index is 14.3. The fourth-order valence-corrected chi connectivity index (χ4v) is 4.11. The number of rotatable bonds is 7. The van der Waals surface area contributed by atoms with Crippen LogP contribution in [0.25, 0.3) is 5.57 Å². The van der Waals surface area contributed by atoms with Gasteiger partial charge in [-0.25, -0.2) is 4.39 Å². The molecule has 28 heavy (non-hydrogen) atoms. The Morgan fingerprint density at radius 1 is 1.25 bits per heavy atom. The Balaban J connectivity index is 1.83. The number of anilines is 1. The lowest BCUT2D eigenvalue weighted by molar-refractivity contribution is -0.120. The van der Waals surface area contributed by atoms with Crippen LogP contribution in [-0.2, 0) is 4.79 Å². The number of allylic oxidation sites excluding steroid dienone is 4. The predicted octanol–water partition coefficient (Wildman–Crippen LogP) is 5.85. The largest absolute Gasteiger partial charge is 0.481 e. The molecule has 1 aliphatic rings. The first-order chi connectivity index (χ1) is 13.4. The van der Waals surface area contributed by atoms with Gasteiger partial charge in [0.1, 0.15) is 5.82 Å². The molecule has 2 aromatic rings. The second-order valence-corrected chi connectivity index (χ2v) is 7.70. The van der Waals surface area contributed by atoms with Gasteiger partial charge >= 0.3 is 0 Å². The van der Waals surface area contributed by atoms with E-state index < -0.39 is 11.7 Å². The highest BCUT2D eigenvalue weighted by atomic mass is 35.5. The predicted molar refractivity (Wildman–Crippen MR) is 113 cm³/mol. The van der Waals surface area contributed by atoms with Crippen molar-refractivity contribution in [1.82, 2.24) is 0 Å². The summed E-state index contributed by atoms with van der Waals surface area (Å²) < 4.78 is 22.6. The Labute approximate surface area is 176 Å². The molecule has 0 radical (unpaired) electrons. The number of ether oxygens (including phenoxy) is 1. The van der Waals surface area contributed by atoms with Crippen LogP contribution in [0.2, 0.25) is 10.0 Å². The number of halogens is 3. The summed E-state index contributed by atoms with van der Waals surface area (Å²) in [7, 11) is 0. The Kier molecular flexibility index (Phi) is 6.88. The number of amides is 1. The van der Waals surface area contributed by atoms with Crippen molar-refractivity contribution in [2.24, 2.45) is 5.73 Å². The second kappa shape index (κ2) is 9.37. The number of nitrogens with two attached hydrogens (primary N) is 1. The van der Waals surface area contributed by atoms with Gasteiger partial charge in [-0.05, 0) is 60.2 Å². The second-order valence-electron chi connectivity index (χ2n) is 6.01. The molecule has 0 saturated carbocycles. The van der Waals surface area contributed by atoms with Crippen LogP contribution in [0.5, 0.6) is 5.75 Å². The molecule has 4 nitrogen and oxygen atoms in total. The van der Waals surface area contributed by atoms with Crippen LogP contribution in [0.3, 0.4) is 0 Å². The summed E-state index contributed by atoms with van der Waals surface area (Å²) in [5, 5.41) is 0.609. The highest BCUT2D eigenvalue weighted by Gasteiger charge is 2.14. The third-order valence-corrected chi connectivity index (χ3v) is 5.24. The third-order valence-electron chi connectivity index (χ3n) is 3.90. The molecule has 0 unspecified atom stereocenters. The maximum Gasteiger partial charge on any atom is 0.255 e. The van der Waals surface area contributed by atoms with Gasteiger partial charge in [-0.15, -0.1) is 0 Å². The Morgan fingerprint density at radius 2 is 2.07 bits per heavy atom. The summed E-state index contributed by atoms with van der Waals surface area (Å²) >= 11 is 13.3. The van der Waals surface area contributed by atoms with E-state index in [1.165, 1.54) is 12.1 Å². The van der Waals surface area contributed by atoms with Crippen molar-refractivity contribution in [2.75, 3.05) is 11.3 Å². The molecule has 3 N–H and O–H groups in total. The van der Waals surface area contributed by atoms with E-state index in [4.69, 9.17) is 33.7 Å². The molecule has 1 amide bonds. The van der Waals surface area contributed by atoms with Crippen molar-refractivity contribution in [1.29, 1.82) is 0 Å². The summed E-state index contributed by atoms with van der Waals surface area (Å²) in [6, 6.07) is 7.99. The highest BCUT2D eigenvalue weighted by Crippen LogP contribution is 2.39. The van der Waals surface area contributed by atoms with Gasteiger partial charge in [-0.1, -0.05) is 47.5 Å². The fourth-order valence-electron chi connectivity index (χ4n) is 2.62. The summed E-state index contributed by atoms with van der Waals surface area (Å²) in [5.74, 6) is -0.788. The molecule has 2 aromatic carbocycles. The van der Waals surface area contributed by atoms with E-state index in [0.29, 0.717) is 15.6 Å². The van der Waals surface area contributed by atoms with Gasteiger partial charge in [0.2, 0.25) is 0 Å². The third kappa shape index (κ3) is 5.22. The molecule has 8 heteroatoms. The van der Waals surface area contributed by atoms with E-state index in [1.54, 1.807) is 18.2 Å². The molecule has 0 aliphatic heterocycles. The molecule has 0 bridgehead atoms. The Bertz CT molecular complexity index is 963. The van der Waals surface area contributed by atoms with Gasteiger partial charge in [-0.2, -0.15) is 0 Å². The number of carbonyl (C=O) groups excluding carboxylic acids is 1. The average Bonchev–Trinajstić information content (AvgIpc) is 2.67. The van der Waals surface area contributed by atoms with E-state index in [-0.39, 0.29) is 17.4 Å². The van der Waals surface area contributed by atoms with Crippen molar-refractivity contribution in [3.05, 3.63) is 70.0 Å². The summed E-state index contributed by atoms with van der Waals surface area (Å²) in [6.07, 6.45) is 8.21. The van der Waals surface area contributed by atoms with Gasteiger partial charge in [0.15, 0.2) is 12.4 Å². The van der Waals surface area contributed by atoms with Gasteiger partial charge in [-0.3, -0.25) is 4.79 Å². The number of carbonyl (C=O) groups is 1. The molecule has 0 atom stereocenters. The van der Waals surface area contributed by atoms with Gasteiger partial charge in [0.05, 0.1) is 15.6 Å². The van der Waals surface area contributed by atoms with Crippen LogP contribution in [0.1, 0.15) is 18.4 Å². The molecular weight excluding hydrogens is 422 g/mol. The summed E-state index contributed by atoms with van der Waals surface area (Å²) in [5.41, 5.74) is 7.40. The molecule has 0 heterocycles. The van der Waals surface area contributed by atoms with Crippen molar-refractivity contribution >= 4 is 52.3 Å². The van der Waals surface area contributed by atoms with E-state index in [0.717, 1.165) is 35.9 Å². The zero-order valence-electron chi connectivity index (χ0n) is 14.7. The summed E-state index contributed by atoms with van der Waals surface area (Å²) in [6.45, 7) is -0.334. The van der Waals surface area contributed by atoms with Gasteiger partial charge in [0.25, 0.3) is 5.91 Å². The van der Waals surface area contributed by atoms with Crippen LogP contribution in [-0.4, -0.2) is 12.5 Å². The van der Waals surface area contributed by atoms with E-state index in [9.17, 15) is 9.18 Å². The molecule has 0 aromatic heterocycles. The number of hydrogen-bond donors (Lipinski definition) is 2. The normalized spacial score (nSPS) is 13.2. The topological polar surface area (TPSA) is 64.4 Å². The fraction of sp³-hybridized carbons (Fsp3) is 0.150. The lowest BCUT2D eigenvalue weighted by Crippen LogP contribution is -2.20. The zero-order valence-corrected chi connectivity index (χ0v) is 17.0. The lowest BCUT2D eigenvalue weighted by atomic mass is 9.99. The lowest BCUT2D eigenvalue weighted by Gasteiger charge is -2.14. The van der Waals surface area contributed by atoms with Crippen LogP contribution < -0.4 is 15.2 Å². The molecule has 0 spiro atoms. The number of primary amides is 1. The molecule has 3 rings (SSSR count). The average molecular weight is 439 g/mol. The van der Waals surface area contributed by atoms with E-state index in [1.807, 2.05) is 6.08 Å². The number of benzene rings is 2. The van der Waals surface area contributed by atoms with Crippen molar-refractivity contribution in [3.63, 3.8) is 0 Å². The van der Waals surface area contributed by atoms with E-state index in [2.05, 4.69) is 16.9 Å². The molecular formula is C20H17Cl2FN2O2S. The van der Waals surface area contributed by atoms with Crippen LogP contribution in [0, 0.1) is 5.82 Å². The van der Waals surface area contributed by atoms with Gasteiger partial charge < -0.3 is 15.2 Å². The Hall–Kier alpha value is -2.15. The SMILES string of the molecule is NC(=O)COc1c(Cl)cc(Cl)cc1SNc1cc(C2=CCCC=C2)ccc1F. The minimum absolute atomic E-state index is 0.227. The van der Waals surface area contributed by atoms with Crippen LogP contribution >= 0.6 is 35.1 Å². The van der Waals surface area contributed by atoms with Crippen molar-refractivity contribution < 1.29 is 13.9 Å². The van der Waals surface area contributed by atoms with E-state index >= 15 is 0 Å². The molecule has 1 aliphatic carbocycles. The van der Waals surface area contributed by atoms with Gasteiger partial charge in [0, 0.05) is 5.02 Å². The van der Waals surface area contributed by atoms with Crippen LogP contribution in [0.4, 0.5) is 10.1 Å². The molecule has 146 valence electrons. The Morgan fingerprint density at radius 3 is 2.79 bits per heavy atom. The highest BCUT2D eigenvalue weighted by molar-refractivity contribution is 8.00. The first-order valence-corrected chi connectivity index (χ1v) is 10.0. The maximum absolute atomic E-state index is 14.3. The number of hydrogen-bond acceptors (Lipinski definition) is 4. The van der Waals surface area contributed by atoms with Crippen LogP contribution in [0.15, 0.2) is 53.5 Å². The first kappa shape index (κ1) is 20.6. The monoisotopic (exact) mass is 438 g/mol. The zero-order chi connectivity index (χ0) is 20.1. The smallest absolute Gasteiger partial charge is 0.255 e. The van der Waals surface area contributed by atoms with Crippen molar-refractivity contribution in [3.8, 4) is 5.75 Å². The standard InChI is InChI=1S/C20H17Cl2FN2O2S/c21-14-9-15(22)20(27-11-19(24)26)18(10-14)28-25-17-8-13(6-7-16(17)23)12-4-2-1-3-5-12/h2,4-10,25H,1,3,11H2,(H2,24,26). The minimum atomic E-state index is -0.637. The molecule has 0 fully saturated rings. The quantitative estimate of drug-likeness (QED) is 0.532. The number of nitrogens with one attached hydrogen (secondary N) is 1. The first-order valence-electron chi connectivity index (χ1n) is 8.43. The minimum Gasteiger partial charge on any atom is -0.481 e.